The number of aliphatic hydroxyl groups excluding tert-OH is 1. The Morgan fingerprint density at radius 3 is 2.88 bits per heavy atom. The first-order valence-corrected chi connectivity index (χ1v) is 6.28. The molecule has 2 aromatic rings. The highest BCUT2D eigenvalue weighted by molar-refractivity contribution is 5.85. The molecule has 2 atom stereocenters. The van der Waals surface area contributed by atoms with Gasteiger partial charge in [-0.05, 0) is 41.7 Å². The number of nitrogens with zero attached hydrogens (tertiary/aromatic N) is 1. The lowest BCUT2D eigenvalue weighted by molar-refractivity contribution is 0.107. The van der Waals surface area contributed by atoms with E-state index in [1.165, 1.54) is 12.8 Å². The van der Waals surface area contributed by atoms with Gasteiger partial charge in [-0.1, -0.05) is 25.1 Å². The lowest BCUT2D eigenvalue weighted by Crippen LogP contribution is -2.11. The minimum Gasteiger partial charge on any atom is -0.388 e. The Kier molecular flexibility index (Phi) is 2.60. The van der Waals surface area contributed by atoms with Crippen LogP contribution in [0.1, 0.15) is 31.4 Å². The molecule has 1 heterocycles. The Labute approximate surface area is 101 Å². The molecule has 1 fully saturated rings. The summed E-state index contributed by atoms with van der Waals surface area (Å²) in [6.07, 6.45) is 5.83. The van der Waals surface area contributed by atoms with Gasteiger partial charge >= 0.3 is 0 Å². The largest absolute Gasteiger partial charge is 0.388 e. The molecule has 1 saturated carbocycles. The Hall–Kier alpha value is -1.41. The molecule has 0 spiro atoms. The molecule has 2 unspecified atom stereocenters. The van der Waals surface area contributed by atoms with Crippen molar-refractivity contribution < 1.29 is 5.11 Å². The maximum atomic E-state index is 10.5. The Bertz CT molecular complexity index is 528. The molecule has 1 aromatic heterocycles. The monoisotopic (exact) mass is 227 g/mol. The van der Waals surface area contributed by atoms with E-state index in [0.29, 0.717) is 11.8 Å². The molecule has 3 rings (SSSR count). The van der Waals surface area contributed by atoms with E-state index in [1.807, 2.05) is 30.5 Å². The molecular weight excluding hydrogens is 210 g/mol. The number of aliphatic hydroxyl groups is 1. The van der Waals surface area contributed by atoms with Gasteiger partial charge in [0.05, 0.1) is 6.10 Å². The van der Waals surface area contributed by atoms with Crippen LogP contribution in [-0.4, -0.2) is 10.1 Å². The van der Waals surface area contributed by atoms with Gasteiger partial charge in [0, 0.05) is 17.8 Å². The normalized spacial score (nSPS) is 19.2. The maximum absolute atomic E-state index is 10.5. The lowest BCUT2D eigenvalue weighted by Gasteiger charge is -2.20. The van der Waals surface area contributed by atoms with Crippen LogP contribution in [0.15, 0.2) is 36.7 Å². The number of benzene rings is 1. The maximum Gasteiger partial charge on any atom is 0.0824 e. The summed E-state index contributed by atoms with van der Waals surface area (Å²) in [6.45, 7) is 2.16. The second kappa shape index (κ2) is 4.11. The van der Waals surface area contributed by atoms with Crippen LogP contribution in [0.4, 0.5) is 0 Å². The average molecular weight is 227 g/mol. The third kappa shape index (κ3) is 1.93. The van der Waals surface area contributed by atoms with Gasteiger partial charge in [0.2, 0.25) is 0 Å². The summed E-state index contributed by atoms with van der Waals surface area (Å²) in [4.78, 5) is 4.12. The van der Waals surface area contributed by atoms with Crippen molar-refractivity contribution in [2.75, 3.05) is 0 Å². The van der Waals surface area contributed by atoms with Crippen molar-refractivity contribution in [1.29, 1.82) is 0 Å². The molecule has 1 aliphatic carbocycles. The molecule has 1 aliphatic rings. The molecule has 0 radical (unpaired) electrons. The fraction of sp³-hybridized carbons (Fsp3) is 0.400. The minimum absolute atomic E-state index is 0.353. The SMILES string of the molecule is CC(C1CC1)C(O)c1cccc2cnccc12. The van der Waals surface area contributed by atoms with E-state index >= 15 is 0 Å². The molecular formula is C15H17NO. The van der Waals surface area contributed by atoms with Crippen molar-refractivity contribution in [2.45, 2.75) is 25.9 Å². The predicted molar refractivity (Wildman–Crippen MR) is 68.6 cm³/mol. The van der Waals surface area contributed by atoms with Crippen LogP contribution in [0.3, 0.4) is 0 Å². The van der Waals surface area contributed by atoms with E-state index in [9.17, 15) is 5.11 Å². The highest BCUT2D eigenvalue weighted by Crippen LogP contribution is 2.43. The third-order valence-electron chi connectivity index (χ3n) is 3.90. The summed E-state index contributed by atoms with van der Waals surface area (Å²) in [7, 11) is 0. The number of hydrogen-bond donors (Lipinski definition) is 1. The number of rotatable bonds is 3. The molecule has 0 aliphatic heterocycles. The van der Waals surface area contributed by atoms with Crippen LogP contribution in [0, 0.1) is 11.8 Å². The van der Waals surface area contributed by atoms with E-state index in [2.05, 4.69) is 11.9 Å². The molecule has 1 aromatic carbocycles. The number of fused-ring (bicyclic) bond motifs is 1. The highest BCUT2D eigenvalue weighted by Gasteiger charge is 2.33. The van der Waals surface area contributed by atoms with Gasteiger partial charge in [0.15, 0.2) is 0 Å². The molecule has 88 valence electrons. The predicted octanol–water partition coefficient (Wildman–Crippen LogP) is 3.31. The van der Waals surface area contributed by atoms with Gasteiger partial charge in [0.25, 0.3) is 0 Å². The first kappa shape index (κ1) is 10.7. The lowest BCUT2D eigenvalue weighted by atomic mass is 9.90. The van der Waals surface area contributed by atoms with Gasteiger partial charge in [-0.2, -0.15) is 0 Å². The van der Waals surface area contributed by atoms with Crippen molar-refractivity contribution >= 4 is 10.8 Å². The zero-order chi connectivity index (χ0) is 11.8. The van der Waals surface area contributed by atoms with Gasteiger partial charge in [-0.25, -0.2) is 0 Å². The fourth-order valence-electron chi connectivity index (χ4n) is 2.57. The number of aromatic nitrogens is 1. The Morgan fingerprint density at radius 1 is 1.29 bits per heavy atom. The summed E-state index contributed by atoms with van der Waals surface area (Å²) in [6, 6.07) is 8.07. The smallest absolute Gasteiger partial charge is 0.0824 e. The van der Waals surface area contributed by atoms with E-state index in [4.69, 9.17) is 0 Å². The van der Waals surface area contributed by atoms with Crippen LogP contribution >= 0.6 is 0 Å². The average Bonchev–Trinajstić information content (AvgIpc) is 3.20. The van der Waals surface area contributed by atoms with Crippen LogP contribution in [-0.2, 0) is 0 Å². The van der Waals surface area contributed by atoms with Crippen molar-refractivity contribution in [3.63, 3.8) is 0 Å². The second-order valence-electron chi connectivity index (χ2n) is 5.09. The van der Waals surface area contributed by atoms with Gasteiger partial charge in [-0.15, -0.1) is 0 Å². The number of hydrogen-bond acceptors (Lipinski definition) is 2. The van der Waals surface area contributed by atoms with Crippen LogP contribution < -0.4 is 0 Å². The molecule has 0 saturated heterocycles. The molecule has 1 N–H and O–H groups in total. The van der Waals surface area contributed by atoms with E-state index in [0.717, 1.165) is 16.3 Å². The first-order chi connectivity index (χ1) is 8.27. The standard InChI is InChI=1S/C15H17NO/c1-10(11-5-6-11)15(17)14-4-2-3-12-9-16-8-7-13(12)14/h2-4,7-11,15,17H,5-6H2,1H3. The van der Waals surface area contributed by atoms with Crippen molar-refractivity contribution in [3.8, 4) is 0 Å². The van der Waals surface area contributed by atoms with Gasteiger partial charge in [-0.3, -0.25) is 4.98 Å². The van der Waals surface area contributed by atoms with Crippen molar-refractivity contribution in [2.24, 2.45) is 11.8 Å². The fourth-order valence-corrected chi connectivity index (χ4v) is 2.57. The molecule has 2 nitrogen and oxygen atoms in total. The molecule has 0 bridgehead atoms. The van der Waals surface area contributed by atoms with Gasteiger partial charge < -0.3 is 5.11 Å². The van der Waals surface area contributed by atoms with E-state index < -0.39 is 0 Å². The number of pyridine rings is 1. The topological polar surface area (TPSA) is 33.1 Å². The summed E-state index contributed by atoms with van der Waals surface area (Å²) in [5.41, 5.74) is 1.05. The van der Waals surface area contributed by atoms with Crippen molar-refractivity contribution in [1.82, 2.24) is 4.98 Å². The molecule has 0 amide bonds. The van der Waals surface area contributed by atoms with Crippen LogP contribution in [0.25, 0.3) is 10.8 Å². The van der Waals surface area contributed by atoms with E-state index in [-0.39, 0.29) is 6.10 Å². The van der Waals surface area contributed by atoms with Crippen LogP contribution in [0.5, 0.6) is 0 Å². The minimum atomic E-state index is -0.353. The van der Waals surface area contributed by atoms with Gasteiger partial charge in [0.1, 0.15) is 0 Å². The first-order valence-electron chi connectivity index (χ1n) is 6.28. The quantitative estimate of drug-likeness (QED) is 0.872. The zero-order valence-electron chi connectivity index (χ0n) is 10.0. The van der Waals surface area contributed by atoms with E-state index in [1.54, 1.807) is 6.20 Å². The van der Waals surface area contributed by atoms with Crippen LogP contribution in [0.2, 0.25) is 0 Å². The summed E-state index contributed by atoms with van der Waals surface area (Å²) < 4.78 is 0. The summed E-state index contributed by atoms with van der Waals surface area (Å²) >= 11 is 0. The Morgan fingerprint density at radius 2 is 2.12 bits per heavy atom. The third-order valence-corrected chi connectivity index (χ3v) is 3.90. The Balaban J connectivity index is 2.03. The summed E-state index contributed by atoms with van der Waals surface area (Å²) in [5, 5.41) is 12.7. The second-order valence-corrected chi connectivity index (χ2v) is 5.09. The van der Waals surface area contributed by atoms with Crippen molar-refractivity contribution in [3.05, 3.63) is 42.2 Å². The molecule has 2 heteroatoms. The summed E-state index contributed by atoms with van der Waals surface area (Å²) in [5.74, 6) is 1.07. The zero-order valence-corrected chi connectivity index (χ0v) is 10.0. The highest BCUT2D eigenvalue weighted by atomic mass is 16.3. The molecule has 17 heavy (non-hydrogen) atoms.